The number of hydrogen-bond acceptors (Lipinski definition) is 6. The highest BCUT2D eigenvalue weighted by Gasteiger charge is 2.19. The molecule has 0 aliphatic carbocycles. The van der Waals surface area contributed by atoms with E-state index in [1.807, 2.05) is 86.5 Å². The smallest absolute Gasteiger partial charge is 0.280 e. The van der Waals surface area contributed by atoms with Crippen molar-refractivity contribution in [2.45, 2.75) is 0 Å². The Bertz CT molecular complexity index is 1180. The van der Waals surface area contributed by atoms with E-state index in [4.69, 9.17) is 0 Å². The summed E-state index contributed by atoms with van der Waals surface area (Å²) in [5.41, 5.74) is 3.49. The number of aromatic nitrogens is 2. The molecule has 0 radical (unpaired) electrons. The molecule has 2 heterocycles. The number of hydrogen-bond donors (Lipinski definition) is 0. The molecule has 0 N–H and O–H groups in total. The van der Waals surface area contributed by atoms with Crippen LogP contribution in [0.1, 0.15) is 0 Å². The average Bonchev–Trinajstić information content (AvgIpc) is 3.20. The van der Waals surface area contributed by atoms with Crippen LogP contribution in [0.15, 0.2) is 58.1 Å². The Morgan fingerprint density at radius 3 is 1.18 bits per heavy atom. The summed E-state index contributed by atoms with van der Waals surface area (Å²) < 4.78 is 0. The normalized spacial score (nSPS) is 11.1. The van der Waals surface area contributed by atoms with Gasteiger partial charge in [-0.3, -0.25) is 9.59 Å². The van der Waals surface area contributed by atoms with Crippen molar-refractivity contribution in [2.75, 3.05) is 38.0 Å². The maximum atomic E-state index is 12.6. The lowest BCUT2D eigenvalue weighted by atomic mass is 10.1. The highest BCUT2D eigenvalue weighted by Crippen LogP contribution is 2.25. The summed E-state index contributed by atoms with van der Waals surface area (Å²) in [6.45, 7) is 0. The second kappa shape index (κ2) is 6.56. The molecule has 2 aliphatic heterocycles. The van der Waals surface area contributed by atoms with Gasteiger partial charge in [0, 0.05) is 50.7 Å². The van der Waals surface area contributed by atoms with Gasteiger partial charge in [0.05, 0.1) is 21.8 Å². The fourth-order valence-electron chi connectivity index (χ4n) is 3.33. The van der Waals surface area contributed by atoms with Crippen LogP contribution in [0.3, 0.4) is 0 Å². The predicted molar refractivity (Wildman–Crippen MR) is 112 cm³/mol. The van der Waals surface area contributed by atoms with Gasteiger partial charge in [0.2, 0.25) is 0 Å². The van der Waals surface area contributed by atoms with E-state index in [1.165, 1.54) is 0 Å². The molecular weight excluding hydrogens is 352 g/mol. The maximum absolute atomic E-state index is 12.6. The van der Waals surface area contributed by atoms with E-state index >= 15 is 0 Å². The zero-order chi connectivity index (χ0) is 20.0. The predicted octanol–water partition coefficient (Wildman–Crippen LogP) is 2.26. The fraction of sp³-hybridized carbons (Fsp3) is 0.182. The van der Waals surface area contributed by atoms with Crippen molar-refractivity contribution in [3.8, 4) is 22.5 Å². The lowest BCUT2D eigenvalue weighted by molar-refractivity contribution is 1.13. The fourth-order valence-corrected chi connectivity index (χ4v) is 3.33. The van der Waals surface area contributed by atoms with E-state index in [-0.39, 0.29) is 0 Å². The van der Waals surface area contributed by atoms with E-state index in [0.29, 0.717) is 21.8 Å². The molecule has 0 saturated carbocycles. The largest absolute Gasteiger partial charge is 0.378 e. The molecule has 2 aromatic rings. The summed E-state index contributed by atoms with van der Waals surface area (Å²) in [4.78, 5) is 37.6. The number of nitrogens with zero attached hydrogens (tertiary/aromatic N) is 4. The summed E-state index contributed by atoms with van der Waals surface area (Å²) >= 11 is 0. The summed E-state index contributed by atoms with van der Waals surface area (Å²) in [6.07, 6.45) is 0. The van der Waals surface area contributed by atoms with Crippen LogP contribution in [0.5, 0.6) is 0 Å². The Hall–Kier alpha value is -3.54. The average molecular weight is 372 g/mol. The lowest BCUT2D eigenvalue weighted by Gasteiger charge is -2.12. The van der Waals surface area contributed by atoms with Crippen molar-refractivity contribution in [1.82, 2.24) is 9.97 Å². The third-order valence-electron chi connectivity index (χ3n) is 4.89. The van der Waals surface area contributed by atoms with Gasteiger partial charge < -0.3 is 9.80 Å². The zero-order valence-corrected chi connectivity index (χ0v) is 16.2. The minimum absolute atomic E-state index is 0.300. The van der Waals surface area contributed by atoms with Crippen LogP contribution in [0.2, 0.25) is 0 Å². The van der Waals surface area contributed by atoms with Gasteiger partial charge in [-0.15, -0.1) is 0 Å². The third-order valence-corrected chi connectivity index (χ3v) is 4.89. The summed E-state index contributed by atoms with van der Waals surface area (Å²) in [5.74, 6) is 0. The molecule has 0 bridgehead atoms. The first-order valence-corrected chi connectivity index (χ1v) is 8.93. The Labute approximate surface area is 162 Å². The quantitative estimate of drug-likeness (QED) is 0.547. The third kappa shape index (κ3) is 2.83. The topological polar surface area (TPSA) is 66.4 Å². The Morgan fingerprint density at radius 2 is 0.893 bits per heavy atom. The first kappa shape index (κ1) is 17.9. The zero-order valence-electron chi connectivity index (χ0n) is 16.2. The van der Waals surface area contributed by atoms with Crippen LogP contribution in [-0.2, 0) is 0 Å². The van der Waals surface area contributed by atoms with Crippen molar-refractivity contribution in [1.29, 1.82) is 0 Å². The van der Waals surface area contributed by atoms with Gasteiger partial charge in [0.25, 0.3) is 11.1 Å². The van der Waals surface area contributed by atoms with Crippen LogP contribution >= 0.6 is 0 Å². The lowest BCUT2D eigenvalue weighted by Crippen LogP contribution is -2.08. The molecule has 0 unspecified atom stereocenters. The van der Waals surface area contributed by atoms with Crippen molar-refractivity contribution in [3.63, 3.8) is 0 Å². The standard InChI is InChI=1S/C22H20N4O2/c1-25(2)15-9-5-13(6-10-15)19-17-18(22(28)23-19)20(24-21(17)27)14-7-11-16(12-8-14)26(3)4/h5-12H,1-4H3. The van der Waals surface area contributed by atoms with E-state index in [0.717, 1.165) is 22.5 Å². The van der Waals surface area contributed by atoms with E-state index in [2.05, 4.69) is 9.97 Å². The monoisotopic (exact) mass is 372 g/mol. The number of anilines is 2. The van der Waals surface area contributed by atoms with Crippen LogP contribution in [-0.4, -0.2) is 38.2 Å². The summed E-state index contributed by atoms with van der Waals surface area (Å²) in [6, 6.07) is 15.2. The second-order valence-corrected chi connectivity index (χ2v) is 7.16. The van der Waals surface area contributed by atoms with Crippen LogP contribution in [0.25, 0.3) is 22.5 Å². The van der Waals surface area contributed by atoms with Crippen molar-refractivity contribution in [3.05, 3.63) is 79.7 Å². The number of rotatable bonds is 4. The van der Waals surface area contributed by atoms with Crippen molar-refractivity contribution >= 4 is 11.4 Å². The van der Waals surface area contributed by atoms with Gasteiger partial charge in [-0.05, 0) is 24.3 Å². The summed E-state index contributed by atoms with van der Waals surface area (Å²) in [7, 11) is 7.81. The van der Waals surface area contributed by atoms with Gasteiger partial charge in [-0.2, -0.15) is 0 Å². The molecule has 6 nitrogen and oxygen atoms in total. The first-order chi connectivity index (χ1) is 13.4. The van der Waals surface area contributed by atoms with Gasteiger partial charge in [-0.25, -0.2) is 9.97 Å². The molecule has 28 heavy (non-hydrogen) atoms. The molecule has 2 aliphatic rings. The second-order valence-electron chi connectivity index (χ2n) is 7.16. The molecular formula is C22H20N4O2. The summed E-state index contributed by atoms with van der Waals surface area (Å²) in [5, 5.41) is 0.601. The van der Waals surface area contributed by atoms with Crippen molar-refractivity contribution < 1.29 is 0 Å². The van der Waals surface area contributed by atoms with Crippen LogP contribution in [0.4, 0.5) is 11.4 Å². The molecule has 0 saturated heterocycles. The molecule has 0 aromatic heterocycles. The molecule has 4 rings (SSSR count). The van der Waals surface area contributed by atoms with Crippen LogP contribution in [0, 0.1) is 10.4 Å². The molecule has 2 aromatic carbocycles. The van der Waals surface area contributed by atoms with Crippen LogP contribution < -0.4 is 20.9 Å². The minimum Gasteiger partial charge on any atom is -0.378 e. The van der Waals surface area contributed by atoms with Gasteiger partial charge in [-0.1, -0.05) is 24.3 Å². The van der Waals surface area contributed by atoms with Gasteiger partial charge in [0.1, 0.15) is 0 Å². The Balaban J connectivity index is 1.89. The number of benzene rings is 2. The Kier molecular flexibility index (Phi) is 4.19. The highest BCUT2D eigenvalue weighted by atomic mass is 16.1. The molecule has 0 atom stereocenters. The van der Waals surface area contributed by atoms with E-state index < -0.39 is 11.1 Å². The minimum atomic E-state index is -0.414. The first-order valence-electron chi connectivity index (χ1n) is 8.93. The van der Waals surface area contributed by atoms with Gasteiger partial charge in [0.15, 0.2) is 0 Å². The molecule has 0 fully saturated rings. The molecule has 0 spiro atoms. The molecule has 140 valence electrons. The highest BCUT2D eigenvalue weighted by molar-refractivity contribution is 5.69. The SMILES string of the molecule is CN(C)c1ccc(-c2nc(=O)c3c(-c4ccc(N(C)C)cc4)nc(=O)c2=3)cc1. The molecule has 0 amide bonds. The maximum Gasteiger partial charge on any atom is 0.280 e. The van der Waals surface area contributed by atoms with Crippen molar-refractivity contribution in [2.24, 2.45) is 0 Å². The molecule has 6 heteroatoms. The van der Waals surface area contributed by atoms with E-state index in [9.17, 15) is 9.59 Å². The van der Waals surface area contributed by atoms with Gasteiger partial charge >= 0.3 is 0 Å². The Morgan fingerprint density at radius 1 is 0.571 bits per heavy atom. The van der Waals surface area contributed by atoms with E-state index in [1.54, 1.807) is 0 Å².